The van der Waals surface area contributed by atoms with Gasteiger partial charge in [-0.25, -0.2) is 0 Å². The molecular formula is C23H33IN4O2S. The van der Waals surface area contributed by atoms with Gasteiger partial charge in [0.25, 0.3) is 0 Å². The molecule has 0 saturated carbocycles. The average Bonchev–Trinajstić information content (AvgIpc) is 3.30. The molecule has 0 radical (unpaired) electrons. The Morgan fingerprint density at radius 3 is 2.48 bits per heavy atom. The van der Waals surface area contributed by atoms with Crippen molar-refractivity contribution in [3.63, 3.8) is 0 Å². The van der Waals surface area contributed by atoms with E-state index < -0.39 is 0 Å². The summed E-state index contributed by atoms with van der Waals surface area (Å²) >= 11 is 1.80. The van der Waals surface area contributed by atoms with Crippen LogP contribution in [0.5, 0.6) is 0 Å². The molecular weight excluding hydrogens is 523 g/mol. The van der Waals surface area contributed by atoms with E-state index in [1.807, 2.05) is 35.2 Å². The summed E-state index contributed by atoms with van der Waals surface area (Å²) in [4.78, 5) is 20.9. The highest BCUT2D eigenvalue weighted by molar-refractivity contribution is 14.0. The molecule has 8 heteroatoms. The molecule has 170 valence electrons. The Hall–Kier alpha value is -1.65. The van der Waals surface area contributed by atoms with E-state index in [1.54, 1.807) is 18.4 Å². The number of nitrogens with zero attached hydrogens (tertiary/aromatic N) is 2. The molecule has 0 aliphatic carbocycles. The van der Waals surface area contributed by atoms with Gasteiger partial charge >= 0.3 is 0 Å². The Kier molecular flexibility index (Phi) is 11.3. The molecule has 1 aliphatic heterocycles. The van der Waals surface area contributed by atoms with Crippen LogP contribution in [0.3, 0.4) is 0 Å². The lowest BCUT2D eigenvalue weighted by atomic mass is 9.97. The van der Waals surface area contributed by atoms with Gasteiger partial charge in [0.15, 0.2) is 5.96 Å². The van der Waals surface area contributed by atoms with Crippen LogP contribution in [0.1, 0.15) is 23.3 Å². The molecule has 1 aromatic carbocycles. The summed E-state index contributed by atoms with van der Waals surface area (Å²) in [6.07, 6.45) is 1.05. The number of carbonyl (C=O) groups is 1. The van der Waals surface area contributed by atoms with Gasteiger partial charge in [-0.15, -0.1) is 35.3 Å². The topological polar surface area (TPSA) is 66.0 Å². The fourth-order valence-electron chi connectivity index (χ4n) is 3.57. The van der Waals surface area contributed by atoms with Gasteiger partial charge in [0.2, 0.25) is 5.91 Å². The first-order valence-electron chi connectivity index (χ1n) is 10.6. The highest BCUT2D eigenvalue weighted by Gasteiger charge is 2.27. The number of aliphatic imine (C=N–C) groups is 1. The molecule has 6 nitrogen and oxygen atoms in total. The number of guanidine groups is 1. The van der Waals surface area contributed by atoms with E-state index in [2.05, 4.69) is 40.1 Å². The molecule has 2 aromatic rings. The molecule has 0 bridgehead atoms. The molecule has 0 spiro atoms. The van der Waals surface area contributed by atoms with E-state index in [9.17, 15) is 4.79 Å². The van der Waals surface area contributed by atoms with Crippen molar-refractivity contribution in [2.24, 2.45) is 10.9 Å². The Morgan fingerprint density at radius 1 is 1.13 bits per heavy atom. The number of morpholine rings is 1. The number of halogens is 1. The Morgan fingerprint density at radius 2 is 1.84 bits per heavy atom. The lowest BCUT2D eigenvalue weighted by Gasteiger charge is -2.31. The minimum absolute atomic E-state index is 0. The van der Waals surface area contributed by atoms with E-state index in [0.29, 0.717) is 38.8 Å². The maximum atomic E-state index is 13.2. The molecule has 1 fully saturated rings. The molecule has 2 unspecified atom stereocenters. The maximum absolute atomic E-state index is 13.2. The summed E-state index contributed by atoms with van der Waals surface area (Å²) in [6, 6.07) is 14.2. The smallest absolute Gasteiger partial charge is 0.232 e. The number of amides is 1. The fourth-order valence-corrected chi connectivity index (χ4v) is 4.44. The Balaban J connectivity index is 0.00000341. The second-order valence-corrected chi connectivity index (χ2v) is 8.66. The summed E-state index contributed by atoms with van der Waals surface area (Å²) in [5.41, 5.74) is 1.02. The van der Waals surface area contributed by atoms with Crippen molar-refractivity contribution in [3.8, 4) is 0 Å². The Labute approximate surface area is 206 Å². The third-order valence-corrected chi connectivity index (χ3v) is 6.17. The summed E-state index contributed by atoms with van der Waals surface area (Å²) in [5, 5.41) is 8.89. The predicted molar refractivity (Wildman–Crippen MR) is 139 cm³/mol. The van der Waals surface area contributed by atoms with Gasteiger partial charge in [0.05, 0.1) is 19.1 Å². The zero-order chi connectivity index (χ0) is 21.2. The van der Waals surface area contributed by atoms with Crippen LogP contribution in [-0.2, 0) is 16.0 Å². The number of benzene rings is 1. The SMILES string of the molecule is CN=C(NCC(C)Cc1cccs1)NCC(C(=O)N1CCOCC1)c1ccccc1.I. The lowest BCUT2D eigenvalue weighted by molar-refractivity contribution is -0.136. The predicted octanol–water partition coefficient (Wildman–Crippen LogP) is 3.35. The van der Waals surface area contributed by atoms with Crippen LogP contribution in [0.15, 0.2) is 52.8 Å². The number of carbonyl (C=O) groups excluding carboxylic acids is 1. The van der Waals surface area contributed by atoms with E-state index in [4.69, 9.17) is 4.74 Å². The quantitative estimate of drug-likeness (QED) is 0.298. The number of rotatable bonds is 8. The van der Waals surface area contributed by atoms with Crippen molar-refractivity contribution in [1.82, 2.24) is 15.5 Å². The van der Waals surface area contributed by atoms with Crippen LogP contribution < -0.4 is 10.6 Å². The van der Waals surface area contributed by atoms with Crippen molar-refractivity contribution in [1.29, 1.82) is 0 Å². The average molecular weight is 557 g/mol. The molecule has 2 atom stereocenters. The summed E-state index contributed by atoms with van der Waals surface area (Å²) < 4.78 is 5.40. The van der Waals surface area contributed by atoms with E-state index >= 15 is 0 Å². The first-order chi connectivity index (χ1) is 14.7. The minimum Gasteiger partial charge on any atom is -0.378 e. The second kappa shape index (κ2) is 13.7. The first-order valence-corrected chi connectivity index (χ1v) is 11.4. The highest BCUT2D eigenvalue weighted by atomic mass is 127. The molecule has 1 aromatic heterocycles. The van der Waals surface area contributed by atoms with E-state index in [-0.39, 0.29) is 35.8 Å². The molecule has 2 N–H and O–H groups in total. The maximum Gasteiger partial charge on any atom is 0.232 e. The van der Waals surface area contributed by atoms with E-state index in [1.165, 1.54) is 4.88 Å². The summed E-state index contributed by atoms with van der Waals surface area (Å²) in [6.45, 7) is 6.06. The highest BCUT2D eigenvalue weighted by Crippen LogP contribution is 2.19. The van der Waals surface area contributed by atoms with Gasteiger partial charge < -0.3 is 20.3 Å². The van der Waals surface area contributed by atoms with Crippen LogP contribution >= 0.6 is 35.3 Å². The van der Waals surface area contributed by atoms with Gasteiger partial charge in [-0.1, -0.05) is 43.3 Å². The molecule has 2 heterocycles. The van der Waals surface area contributed by atoms with Crippen molar-refractivity contribution >= 4 is 47.2 Å². The molecule has 1 aliphatic rings. The van der Waals surface area contributed by atoms with Crippen molar-refractivity contribution in [2.45, 2.75) is 19.3 Å². The number of hydrogen-bond donors (Lipinski definition) is 2. The molecule has 1 saturated heterocycles. The normalized spacial score (nSPS) is 16.2. The standard InChI is InChI=1S/C23H32N4O2S.HI/c1-18(15-20-9-6-14-30-20)16-25-23(24-2)26-17-21(19-7-4-3-5-8-19)22(28)27-10-12-29-13-11-27;/h3-9,14,18,21H,10-13,15-17H2,1-2H3,(H2,24,25,26);1H. The monoisotopic (exact) mass is 556 g/mol. The van der Waals surface area contributed by atoms with Gasteiger partial charge in [0.1, 0.15) is 0 Å². The zero-order valence-corrected chi connectivity index (χ0v) is 21.4. The lowest BCUT2D eigenvalue weighted by Crippen LogP contribution is -2.47. The summed E-state index contributed by atoms with van der Waals surface area (Å²) in [7, 11) is 1.76. The van der Waals surface area contributed by atoms with Crippen molar-refractivity contribution < 1.29 is 9.53 Å². The second-order valence-electron chi connectivity index (χ2n) is 7.62. The van der Waals surface area contributed by atoms with Crippen molar-refractivity contribution in [3.05, 3.63) is 58.3 Å². The largest absolute Gasteiger partial charge is 0.378 e. The van der Waals surface area contributed by atoms with Crippen LogP contribution in [0.2, 0.25) is 0 Å². The molecule has 1 amide bonds. The number of ether oxygens (including phenoxy) is 1. The summed E-state index contributed by atoms with van der Waals surface area (Å²) in [5.74, 6) is 1.09. The third kappa shape index (κ3) is 8.08. The van der Waals surface area contributed by atoms with Crippen LogP contribution in [0, 0.1) is 5.92 Å². The number of hydrogen-bond acceptors (Lipinski definition) is 4. The number of nitrogens with one attached hydrogen (secondary N) is 2. The van der Waals surface area contributed by atoms with Gasteiger partial charge in [-0.2, -0.15) is 0 Å². The van der Waals surface area contributed by atoms with Crippen LogP contribution in [0.4, 0.5) is 0 Å². The fraction of sp³-hybridized carbons (Fsp3) is 0.478. The van der Waals surface area contributed by atoms with Crippen molar-refractivity contribution in [2.75, 3.05) is 46.4 Å². The zero-order valence-electron chi connectivity index (χ0n) is 18.3. The third-order valence-electron chi connectivity index (χ3n) is 5.27. The van der Waals surface area contributed by atoms with Gasteiger partial charge in [-0.05, 0) is 29.3 Å². The first kappa shape index (κ1) is 25.6. The Bertz CT molecular complexity index is 795. The number of thiophene rings is 1. The minimum atomic E-state index is -0.258. The molecule has 31 heavy (non-hydrogen) atoms. The van der Waals surface area contributed by atoms with Gasteiger partial charge in [-0.3, -0.25) is 9.79 Å². The van der Waals surface area contributed by atoms with E-state index in [0.717, 1.165) is 24.5 Å². The molecule has 3 rings (SSSR count). The van der Waals surface area contributed by atoms with Gasteiger partial charge in [0, 0.05) is 38.1 Å². The van der Waals surface area contributed by atoms with Crippen LogP contribution in [0.25, 0.3) is 0 Å². The van der Waals surface area contributed by atoms with Crippen LogP contribution in [-0.4, -0.2) is 63.2 Å².